The number of nitrogens with one attached hydrogen (secondary N) is 1. The molecule has 0 unspecified atom stereocenters. The van der Waals surface area contributed by atoms with Gasteiger partial charge < -0.3 is 9.72 Å². The predicted molar refractivity (Wildman–Crippen MR) is 91.5 cm³/mol. The van der Waals surface area contributed by atoms with Crippen molar-refractivity contribution in [2.24, 2.45) is 5.92 Å². The zero-order chi connectivity index (χ0) is 18.9. The van der Waals surface area contributed by atoms with E-state index in [1.54, 1.807) is 13.8 Å². The second kappa shape index (κ2) is 7.11. The molecule has 1 aromatic heterocycles. The molecule has 1 N–H and O–H groups in total. The summed E-state index contributed by atoms with van der Waals surface area (Å²) in [6, 6.07) is 0. The topological polar surface area (TPSA) is 110 Å². The van der Waals surface area contributed by atoms with Crippen LogP contribution in [-0.4, -0.2) is 48.5 Å². The van der Waals surface area contributed by atoms with Crippen LogP contribution >= 0.6 is 0 Å². The lowest BCUT2D eigenvalue weighted by Crippen LogP contribution is -2.26. The average Bonchev–Trinajstić information content (AvgIpc) is 2.96. The Hall–Kier alpha value is -1.96. The Morgan fingerprint density at radius 2 is 1.92 bits per heavy atom. The molecule has 0 aromatic carbocycles. The van der Waals surface area contributed by atoms with Gasteiger partial charge in [-0.1, -0.05) is 0 Å². The monoisotopic (exact) mass is 369 g/mol. The van der Waals surface area contributed by atoms with Crippen molar-refractivity contribution >= 4 is 27.4 Å². The summed E-state index contributed by atoms with van der Waals surface area (Å²) in [5.74, 6) is -1.32. The molecule has 2 rings (SSSR count). The summed E-state index contributed by atoms with van der Waals surface area (Å²) in [5, 5.41) is 0. The van der Waals surface area contributed by atoms with E-state index in [9.17, 15) is 22.8 Å². The van der Waals surface area contributed by atoms with Gasteiger partial charge in [0.15, 0.2) is 21.7 Å². The van der Waals surface area contributed by atoms with E-state index in [0.717, 1.165) is 0 Å². The first-order valence-corrected chi connectivity index (χ1v) is 9.98. The molecule has 1 fully saturated rings. The normalized spacial score (nSPS) is 20.2. The molecule has 1 saturated heterocycles. The molecular weight excluding hydrogens is 346 g/mol. The smallest absolute Gasteiger partial charge is 0.306 e. The number of rotatable bonds is 6. The number of hydrogen-bond acceptors (Lipinski definition) is 6. The number of ether oxygens (including phenoxy) is 1. The minimum Gasteiger partial charge on any atom is -0.454 e. The number of carbonyl (C=O) groups is 3. The van der Waals surface area contributed by atoms with Gasteiger partial charge in [0.05, 0.1) is 17.2 Å². The van der Waals surface area contributed by atoms with Crippen LogP contribution in [0.2, 0.25) is 0 Å². The van der Waals surface area contributed by atoms with Crippen LogP contribution in [0.3, 0.4) is 0 Å². The SMILES string of the molecule is CC(=O)c1c(C)[nH]c(C(=O)[C@@H](C)OC(=O)C[C@@H]2CCS(=O)(=O)C2)c1C. The van der Waals surface area contributed by atoms with Crippen molar-refractivity contribution in [2.45, 2.75) is 46.6 Å². The number of carbonyl (C=O) groups excluding carboxylic acids is 3. The molecule has 0 spiro atoms. The molecule has 25 heavy (non-hydrogen) atoms. The van der Waals surface area contributed by atoms with Crippen LogP contribution in [0.5, 0.6) is 0 Å². The summed E-state index contributed by atoms with van der Waals surface area (Å²) < 4.78 is 28.0. The summed E-state index contributed by atoms with van der Waals surface area (Å²) in [4.78, 5) is 39.0. The lowest BCUT2D eigenvalue weighted by Gasteiger charge is -2.14. The molecule has 1 aliphatic rings. The molecule has 0 aliphatic carbocycles. The molecule has 8 heteroatoms. The van der Waals surface area contributed by atoms with Gasteiger partial charge in [0, 0.05) is 17.7 Å². The quantitative estimate of drug-likeness (QED) is 0.604. The molecule has 0 amide bonds. The van der Waals surface area contributed by atoms with Crippen molar-refractivity contribution in [3.8, 4) is 0 Å². The van der Waals surface area contributed by atoms with Gasteiger partial charge in [0.25, 0.3) is 0 Å². The molecule has 0 bridgehead atoms. The third kappa shape index (κ3) is 4.36. The Bertz CT molecular complexity index is 820. The van der Waals surface area contributed by atoms with Crippen LogP contribution in [-0.2, 0) is 19.4 Å². The highest BCUT2D eigenvalue weighted by Gasteiger charge is 2.31. The number of Topliss-reactive ketones (excluding diaryl/α,β-unsaturated/α-hetero) is 2. The van der Waals surface area contributed by atoms with Crippen LogP contribution in [0.15, 0.2) is 0 Å². The van der Waals surface area contributed by atoms with E-state index < -0.39 is 27.7 Å². The number of esters is 1. The minimum atomic E-state index is -3.06. The molecule has 138 valence electrons. The van der Waals surface area contributed by atoms with Crippen LogP contribution in [0.1, 0.15) is 58.8 Å². The molecule has 1 aliphatic heterocycles. The number of aryl methyl sites for hydroxylation is 1. The fourth-order valence-corrected chi connectivity index (χ4v) is 5.16. The summed E-state index contributed by atoms with van der Waals surface area (Å²) in [5.41, 5.74) is 1.87. The second-order valence-corrected chi connectivity index (χ2v) is 8.88. The van der Waals surface area contributed by atoms with E-state index in [4.69, 9.17) is 4.74 Å². The van der Waals surface area contributed by atoms with Crippen molar-refractivity contribution < 1.29 is 27.5 Å². The fraction of sp³-hybridized carbons (Fsp3) is 0.588. The lowest BCUT2D eigenvalue weighted by molar-refractivity contribution is -0.147. The first kappa shape index (κ1) is 19.4. The fourth-order valence-electron chi connectivity index (χ4n) is 3.30. The highest BCUT2D eigenvalue weighted by atomic mass is 32.2. The van der Waals surface area contributed by atoms with Crippen LogP contribution in [0.25, 0.3) is 0 Å². The molecule has 0 saturated carbocycles. The van der Waals surface area contributed by atoms with Gasteiger partial charge in [-0.25, -0.2) is 8.42 Å². The van der Waals surface area contributed by atoms with Gasteiger partial charge in [-0.15, -0.1) is 0 Å². The van der Waals surface area contributed by atoms with Gasteiger partial charge in [-0.05, 0) is 45.6 Å². The molecule has 1 aromatic rings. The number of aromatic nitrogens is 1. The van der Waals surface area contributed by atoms with Crippen molar-refractivity contribution in [3.05, 3.63) is 22.5 Å². The number of ketones is 2. The molecular formula is C17H23NO6S. The van der Waals surface area contributed by atoms with Gasteiger partial charge in [0.1, 0.15) is 0 Å². The number of sulfone groups is 1. The van der Waals surface area contributed by atoms with Crippen molar-refractivity contribution in [1.29, 1.82) is 0 Å². The third-order valence-corrected chi connectivity index (χ3v) is 6.33. The Morgan fingerprint density at radius 1 is 1.28 bits per heavy atom. The van der Waals surface area contributed by atoms with E-state index in [1.807, 2.05) is 0 Å². The zero-order valence-corrected chi connectivity index (χ0v) is 15.7. The lowest BCUT2D eigenvalue weighted by atomic mass is 10.0. The van der Waals surface area contributed by atoms with Crippen LogP contribution in [0.4, 0.5) is 0 Å². The summed E-state index contributed by atoms with van der Waals surface area (Å²) in [7, 11) is -3.06. The number of aromatic amines is 1. The van der Waals surface area contributed by atoms with Crippen LogP contribution < -0.4 is 0 Å². The Kier molecular flexibility index (Phi) is 5.51. The maximum atomic E-state index is 12.5. The average molecular weight is 369 g/mol. The van der Waals surface area contributed by atoms with Crippen molar-refractivity contribution in [3.63, 3.8) is 0 Å². The van der Waals surface area contributed by atoms with Crippen molar-refractivity contribution in [2.75, 3.05) is 11.5 Å². The van der Waals surface area contributed by atoms with Gasteiger partial charge in [-0.3, -0.25) is 14.4 Å². The van der Waals surface area contributed by atoms with Gasteiger partial charge >= 0.3 is 5.97 Å². The molecule has 0 radical (unpaired) electrons. The summed E-state index contributed by atoms with van der Waals surface area (Å²) in [6.45, 7) is 6.27. The first-order valence-electron chi connectivity index (χ1n) is 8.16. The maximum Gasteiger partial charge on any atom is 0.306 e. The Morgan fingerprint density at radius 3 is 2.40 bits per heavy atom. The van der Waals surface area contributed by atoms with Gasteiger partial charge in [-0.2, -0.15) is 0 Å². The predicted octanol–water partition coefficient (Wildman–Crippen LogP) is 1.77. The second-order valence-electron chi connectivity index (χ2n) is 6.65. The molecule has 2 heterocycles. The first-order chi connectivity index (χ1) is 11.5. The summed E-state index contributed by atoms with van der Waals surface area (Å²) >= 11 is 0. The Labute approximate surface area is 147 Å². The number of hydrogen-bond donors (Lipinski definition) is 1. The van der Waals surface area contributed by atoms with E-state index in [-0.39, 0.29) is 35.3 Å². The van der Waals surface area contributed by atoms with Crippen molar-refractivity contribution in [1.82, 2.24) is 4.98 Å². The zero-order valence-electron chi connectivity index (χ0n) is 14.8. The van der Waals surface area contributed by atoms with E-state index in [2.05, 4.69) is 4.98 Å². The van der Waals surface area contributed by atoms with Crippen LogP contribution in [0, 0.1) is 19.8 Å². The summed E-state index contributed by atoms with van der Waals surface area (Å²) in [6.07, 6.45) is -0.586. The van der Waals surface area contributed by atoms with Gasteiger partial charge in [0.2, 0.25) is 5.78 Å². The highest BCUT2D eigenvalue weighted by Crippen LogP contribution is 2.23. The van der Waals surface area contributed by atoms with E-state index in [1.165, 1.54) is 13.8 Å². The van der Waals surface area contributed by atoms with E-state index >= 15 is 0 Å². The molecule has 2 atom stereocenters. The largest absolute Gasteiger partial charge is 0.454 e. The maximum absolute atomic E-state index is 12.5. The minimum absolute atomic E-state index is 0.0126. The third-order valence-electron chi connectivity index (χ3n) is 4.50. The number of H-pyrrole nitrogens is 1. The van der Waals surface area contributed by atoms with E-state index in [0.29, 0.717) is 23.2 Å². The standard InChI is InChI=1S/C17H23NO6S/c1-9-15(11(3)19)10(2)18-16(9)17(21)12(4)24-14(20)7-13-5-6-25(22,23)8-13/h12-13,18H,5-8H2,1-4H3/t12-,13+/m1/s1. The Balaban J connectivity index is 2.02. The highest BCUT2D eigenvalue weighted by molar-refractivity contribution is 7.91. The molecule has 7 nitrogen and oxygen atoms in total.